The number of thioether (sulfide) groups is 1. The molecule has 0 aliphatic carbocycles. The number of rotatable bonds is 7. The van der Waals surface area contributed by atoms with Gasteiger partial charge in [0.2, 0.25) is 5.52 Å². The molecule has 0 bridgehead atoms. The molecule has 4 rings (SSSR count). The van der Waals surface area contributed by atoms with Crippen molar-refractivity contribution in [3.63, 3.8) is 0 Å². The van der Waals surface area contributed by atoms with Gasteiger partial charge in [0.1, 0.15) is 4.70 Å². The lowest BCUT2D eigenvalue weighted by atomic mass is 10.2. The van der Waals surface area contributed by atoms with E-state index in [1.54, 1.807) is 23.1 Å². The Morgan fingerprint density at radius 2 is 1.91 bits per heavy atom. The summed E-state index contributed by atoms with van der Waals surface area (Å²) in [4.78, 5) is 3.58. The number of aromatic nitrogens is 1. The fourth-order valence-corrected chi connectivity index (χ4v) is 6.59. The van der Waals surface area contributed by atoms with Crippen molar-refractivity contribution >= 4 is 55.2 Å². The Bertz CT molecular complexity index is 1310. The number of para-hydroxylation sites is 2. The molecule has 0 N–H and O–H groups in total. The first-order chi connectivity index (χ1) is 15.3. The molecule has 0 radical (unpaired) electrons. The first-order valence-electron chi connectivity index (χ1n) is 10.6. The fourth-order valence-electron chi connectivity index (χ4n) is 3.76. The quantitative estimate of drug-likeness (QED) is 0.331. The predicted molar refractivity (Wildman–Crippen MR) is 133 cm³/mol. The Kier molecular flexibility index (Phi) is 6.76. The van der Waals surface area contributed by atoms with Crippen LogP contribution in [-0.2, 0) is 16.7 Å². The average Bonchev–Trinajstić information content (AvgIpc) is 3.27. The zero-order valence-corrected chi connectivity index (χ0v) is 20.8. The summed E-state index contributed by atoms with van der Waals surface area (Å²) in [7, 11) is -4.29. The molecule has 5 nitrogen and oxygen atoms in total. The SMILES string of the molecule is CCN1/C(=C/C(C)=C/c2sc3ccccc3[n+]2CCC(C)S(=O)(=O)[O-])Sc2ccccc21. The molecule has 1 atom stereocenters. The maximum Gasteiger partial charge on any atom is 0.263 e. The number of anilines is 1. The lowest BCUT2D eigenvalue weighted by molar-refractivity contribution is -0.669. The summed E-state index contributed by atoms with van der Waals surface area (Å²) in [5, 5.41) is 1.32. The van der Waals surface area contributed by atoms with Gasteiger partial charge < -0.3 is 9.45 Å². The van der Waals surface area contributed by atoms with Crippen molar-refractivity contribution in [2.24, 2.45) is 0 Å². The second-order valence-electron chi connectivity index (χ2n) is 7.84. The third kappa shape index (κ3) is 4.78. The van der Waals surface area contributed by atoms with Gasteiger partial charge in [-0.05, 0) is 50.6 Å². The molecule has 1 unspecified atom stereocenters. The highest BCUT2D eigenvalue weighted by Gasteiger charge is 2.24. The largest absolute Gasteiger partial charge is 0.748 e. The molecule has 2 aromatic carbocycles. The van der Waals surface area contributed by atoms with Gasteiger partial charge in [-0.2, -0.15) is 4.57 Å². The highest BCUT2D eigenvalue weighted by Crippen LogP contribution is 2.45. The molecular weight excluding hydrogens is 460 g/mol. The molecule has 2 heterocycles. The van der Waals surface area contributed by atoms with E-state index >= 15 is 0 Å². The van der Waals surface area contributed by atoms with Crippen molar-refractivity contribution in [3.8, 4) is 0 Å². The minimum Gasteiger partial charge on any atom is -0.748 e. The molecule has 1 aromatic heterocycles. The van der Waals surface area contributed by atoms with Crippen LogP contribution in [0.5, 0.6) is 0 Å². The third-order valence-electron chi connectivity index (χ3n) is 5.54. The van der Waals surface area contributed by atoms with Crippen molar-refractivity contribution in [1.82, 2.24) is 0 Å². The molecule has 1 aliphatic heterocycles. The molecular formula is C24H26N2O3S3. The van der Waals surface area contributed by atoms with Crippen LogP contribution >= 0.6 is 23.1 Å². The normalized spacial score (nSPS) is 16.7. The highest BCUT2D eigenvalue weighted by atomic mass is 32.2. The number of fused-ring (bicyclic) bond motifs is 2. The molecule has 8 heteroatoms. The number of hydrogen-bond acceptors (Lipinski definition) is 6. The topological polar surface area (TPSA) is 64.3 Å². The summed E-state index contributed by atoms with van der Waals surface area (Å²) >= 11 is 3.45. The number of allylic oxidation sites excluding steroid dienone is 2. The molecule has 0 amide bonds. The van der Waals surface area contributed by atoms with Gasteiger partial charge >= 0.3 is 0 Å². The molecule has 0 saturated carbocycles. The summed E-state index contributed by atoms with van der Waals surface area (Å²) in [6.07, 6.45) is 4.63. The van der Waals surface area contributed by atoms with E-state index in [0.717, 1.165) is 27.3 Å². The summed E-state index contributed by atoms with van der Waals surface area (Å²) in [5.74, 6) is 0. The van der Waals surface area contributed by atoms with E-state index in [-0.39, 0.29) is 6.42 Å². The van der Waals surface area contributed by atoms with Gasteiger partial charge in [-0.1, -0.05) is 47.4 Å². The first kappa shape index (κ1) is 23.0. The number of aryl methyl sites for hydroxylation is 1. The first-order valence-corrected chi connectivity index (χ1v) is 13.7. The number of nitrogens with zero attached hydrogens (tertiary/aromatic N) is 2. The van der Waals surface area contributed by atoms with Crippen LogP contribution in [0.25, 0.3) is 16.3 Å². The van der Waals surface area contributed by atoms with E-state index < -0.39 is 15.4 Å². The molecule has 168 valence electrons. The van der Waals surface area contributed by atoms with E-state index in [1.165, 1.54) is 22.5 Å². The minimum atomic E-state index is -4.29. The van der Waals surface area contributed by atoms with Crippen LogP contribution in [0.15, 0.2) is 70.1 Å². The molecule has 0 fully saturated rings. The van der Waals surface area contributed by atoms with Crippen LogP contribution < -0.4 is 9.47 Å². The van der Waals surface area contributed by atoms with Crippen LogP contribution in [0.2, 0.25) is 0 Å². The van der Waals surface area contributed by atoms with Gasteiger partial charge in [-0.25, -0.2) is 8.42 Å². The van der Waals surface area contributed by atoms with Crippen LogP contribution in [0, 0.1) is 0 Å². The Balaban J connectivity index is 1.67. The molecule has 32 heavy (non-hydrogen) atoms. The minimum absolute atomic E-state index is 0.285. The average molecular weight is 487 g/mol. The maximum absolute atomic E-state index is 11.4. The van der Waals surface area contributed by atoms with Crippen LogP contribution in [0.3, 0.4) is 0 Å². The Morgan fingerprint density at radius 1 is 1.19 bits per heavy atom. The summed E-state index contributed by atoms with van der Waals surface area (Å²) in [6.45, 7) is 7.10. The number of thiazole rings is 1. The molecule has 3 aromatic rings. The second-order valence-corrected chi connectivity index (χ2v) is 11.8. The Labute approximate surface area is 197 Å². The van der Waals surface area contributed by atoms with E-state index in [2.05, 4.69) is 65.8 Å². The van der Waals surface area contributed by atoms with Crippen LogP contribution in [0.1, 0.15) is 32.2 Å². The van der Waals surface area contributed by atoms with Crippen LogP contribution in [0.4, 0.5) is 5.69 Å². The van der Waals surface area contributed by atoms with E-state index in [0.29, 0.717) is 6.54 Å². The van der Waals surface area contributed by atoms with Gasteiger partial charge in [0.15, 0.2) is 6.54 Å². The standard InChI is InChI=1S/C24H26N2O3S3/c1-4-25-19-9-5-7-11-21(19)30-23(25)15-17(2)16-24-26(14-13-18(3)32(27,28)29)20-10-6-8-12-22(20)31-24/h5-12,15-16,18H,4,13-14H2,1-3H3. The number of benzene rings is 2. The van der Waals surface area contributed by atoms with Gasteiger partial charge in [0.05, 0.1) is 26.1 Å². The van der Waals surface area contributed by atoms with Crippen molar-refractivity contribution in [1.29, 1.82) is 0 Å². The fraction of sp³-hybridized carbons (Fsp3) is 0.292. The molecule has 1 aliphatic rings. The maximum atomic E-state index is 11.4. The van der Waals surface area contributed by atoms with Gasteiger partial charge in [0, 0.05) is 30.0 Å². The lowest BCUT2D eigenvalue weighted by Gasteiger charge is -2.17. The predicted octanol–water partition coefficient (Wildman–Crippen LogP) is 5.39. The van der Waals surface area contributed by atoms with Crippen LogP contribution in [-0.4, -0.2) is 24.8 Å². The summed E-state index contributed by atoms with van der Waals surface area (Å²) < 4.78 is 37.4. The van der Waals surface area contributed by atoms with Gasteiger partial charge in [-0.15, -0.1) is 0 Å². The zero-order chi connectivity index (χ0) is 22.9. The van der Waals surface area contributed by atoms with Crippen molar-refractivity contribution in [2.75, 3.05) is 11.4 Å². The van der Waals surface area contributed by atoms with E-state index in [9.17, 15) is 13.0 Å². The zero-order valence-electron chi connectivity index (χ0n) is 18.3. The second kappa shape index (κ2) is 9.39. The summed E-state index contributed by atoms with van der Waals surface area (Å²) in [5.41, 5.74) is 3.41. The monoisotopic (exact) mass is 486 g/mol. The van der Waals surface area contributed by atoms with E-state index in [1.807, 2.05) is 18.2 Å². The molecule has 0 spiro atoms. The summed E-state index contributed by atoms with van der Waals surface area (Å²) in [6, 6.07) is 16.5. The van der Waals surface area contributed by atoms with Gasteiger partial charge in [0.25, 0.3) is 5.01 Å². The van der Waals surface area contributed by atoms with Gasteiger partial charge in [-0.3, -0.25) is 0 Å². The third-order valence-corrected chi connectivity index (χ3v) is 8.99. The lowest BCUT2D eigenvalue weighted by Crippen LogP contribution is -2.37. The number of hydrogen-bond donors (Lipinski definition) is 0. The highest BCUT2D eigenvalue weighted by molar-refractivity contribution is 8.03. The Morgan fingerprint density at radius 3 is 2.66 bits per heavy atom. The van der Waals surface area contributed by atoms with Crippen molar-refractivity contribution in [3.05, 3.63) is 70.2 Å². The molecule has 0 saturated heterocycles. The van der Waals surface area contributed by atoms with E-state index in [4.69, 9.17) is 0 Å². The Hall–Kier alpha value is -2.13. The van der Waals surface area contributed by atoms with Crippen molar-refractivity contribution < 1.29 is 17.5 Å². The van der Waals surface area contributed by atoms with Crippen molar-refractivity contribution in [2.45, 2.75) is 43.9 Å². The smallest absolute Gasteiger partial charge is 0.263 e.